The lowest BCUT2D eigenvalue weighted by molar-refractivity contribution is -0.152. The Labute approximate surface area is 126 Å². The third-order valence-corrected chi connectivity index (χ3v) is 5.25. The molecule has 1 heterocycles. The molecule has 1 aliphatic heterocycles. The Hall–Kier alpha value is -1.39. The molecular formula is C16H26N2O3. The summed E-state index contributed by atoms with van der Waals surface area (Å²) in [6, 6.07) is -0.543. The van der Waals surface area contributed by atoms with Gasteiger partial charge in [-0.15, -0.1) is 0 Å². The van der Waals surface area contributed by atoms with Crippen molar-refractivity contribution in [3.63, 3.8) is 0 Å². The van der Waals surface area contributed by atoms with Gasteiger partial charge < -0.3 is 0 Å². The molecule has 1 aliphatic carbocycles. The van der Waals surface area contributed by atoms with Gasteiger partial charge in [0.15, 0.2) is 0 Å². The van der Waals surface area contributed by atoms with Crippen LogP contribution in [0.5, 0.6) is 0 Å². The molecule has 5 heteroatoms. The third-order valence-electron chi connectivity index (χ3n) is 5.25. The molecule has 1 saturated carbocycles. The number of hydrogen-bond acceptors (Lipinski definition) is 3. The number of carbonyl (C=O) groups excluding carboxylic acids is 3. The van der Waals surface area contributed by atoms with E-state index in [1.165, 1.54) is 37.0 Å². The quantitative estimate of drug-likeness (QED) is 0.793. The Bertz CT molecular complexity index is 423. The molecule has 0 aromatic carbocycles. The van der Waals surface area contributed by atoms with E-state index in [9.17, 15) is 14.4 Å². The van der Waals surface area contributed by atoms with E-state index in [1.54, 1.807) is 0 Å². The van der Waals surface area contributed by atoms with Gasteiger partial charge in [-0.1, -0.05) is 46.0 Å². The second-order valence-electron chi connectivity index (χ2n) is 6.30. The normalized spacial score (nSPS) is 23.3. The molecule has 0 radical (unpaired) electrons. The lowest BCUT2D eigenvalue weighted by Gasteiger charge is -2.38. The molecule has 1 saturated heterocycles. The lowest BCUT2D eigenvalue weighted by atomic mass is 9.78. The van der Waals surface area contributed by atoms with Crippen LogP contribution in [-0.4, -0.2) is 29.3 Å². The highest BCUT2D eigenvalue weighted by molar-refractivity contribution is 6.19. The van der Waals surface area contributed by atoms with Gasteiger partial charge in [-0.25, -0.2) is 4.79 Å². The van der Waals surface area contributed by atoms with E-state index in [2.05, 4.69) is 5.32 Å². The van der Waals surface area contributed by atoms with Gasteiger partial charge in [-0.2, -0.15) is 0 Å². The molecule has 0 unspecified atom stereocenters. The SMILES string of the molecule is CCC1(CC)C(=O)NC(=O)N(CCC2CCCCC2)C1=O. The van der Waals surface area contributed by atoms with E-state index in [1.807, 2.05) is 13.8 Å². The Morgan fingerprint density at radius 3 is 2.29 bits per heavy atom. The lowest BCUT2D eigenvalue weighted by Crippen LogP contribution is -2.63. The fourth-order valence-corrected chi connectivity index (χ4v) is 3.60. The molecule has 2 fully saturated rings. The number of nitrogens with zero attached hydrogens (tertiary/aromatic N) is 1. The molecule has 0 aromatic heterocycles. The Kier molecular flexibility index (Phi) is 5.01. The summed E-state index contributed by atoms with van der Waals surface area (Å²) < 4.78 is 0. The summed E-state index contributed by atoms with van der Waals surface area (Å²) >= 11 is 0. The highest BCUT2D eigenvalue weighted by Crippen LogP contribution is 2.33. The van der Waals surface area contributed by atoms with Gasteiger partial charge >= 0.3 is 6.03 Å². The zero-order chi connectivity index (χ0) is 15.5. The number of carbonyl (C=O) groups is 3. The van der Waals surface area contributed by atoms with Gasteiger partial charge in [0.2, 0.25) is 11.8 Å². The maximum absolute atomic E-state index is 12.6. The molecule has 2 aliphatic rings. The molecule has 118 valence electrons. The van der Waals surface area contributed by atoms with Crippen LogP contribution in [0.3, 0.4) is 0 Å². The van der Waals surface area contributed by atoms with Gasteiger partial charge in [0.25, 0.3) is 0 Å². The van der Waals surface area contributed by atoms with Crippen molar-refractivity contribution in [1.29, 1.82) is 0 Å². The van der Waals surface area contributed by atoms with Crippen LogP contribution in [0.25, 0.3) is 0 Å². The van der Waals surface area contributed by atoms with Gasteiger partial charge in [-0.05, 0) is 25.2 Å². The van der Waals surface area contributed by atoms with Crippen molar-refractivity contribution in [2.45, 2.75) is 65.2 Å². The van der Waals surface area contributed by atoms with E-state index in [4.69, 9.17) is 0 Å². The number of hydrogen-bond donors (Lipinski definition) is 1. The van der Waals surface area contributed by atoms with Crippen molar-refractivity contribution in [1.82, 2.24) is 10.2 Å². The van der Waals surface area contributed by atoms with E-state index in [0.717, 1.165) is 6.42 Å². The van der Waals surface area contributed by atoms with Gasteiger partial charge in [0.05, 0.1) is 0 Å². The summed E-state index contributed by atoms with van der Waals surface area (Å²) in [5.41, 5.74) is -1.06. The van der Waals surface area contributed by atoms with Crippen LogP contribution in [0.4, 0.5) is 4.79 Å². The standard InChI is InChI=1S/C16H26N2O3/c1-3-16(4-2)13(19)17-15(21)18(14(16)20)11-10-12-8-6-5-7-9-12/h12H,3-11H2,1-2H3,(H,17,19,21). The zero-order valence-corrected chi connectivity index (χ0v) is 13.1. The minimum Gasteiger partial charge on any atom is -0.277 e. The predicted octanol–water partition coefficient (Wildman–Crippen LogP) is 2.84. The number of amides is 4. The molecule has 0 atom stereocenters. The summed E-state index contributed by atoms with van der Waals surface area (Å²) in [4.78, 5) is 38.0. The van der Waals surface area contributed by atoms with Gasteiger partial charge in [0.1, 0.15) is 5.41 Å². The Balaban J connectivity index is 2.05. The van der Waals surface area contributed by atoms with Crippen molar-refractivity contribution >= 4 is 17.8 Å². The summed E-state index contributed by atoms with van der Waals surface area (Å²) in [7, 11) is 0. The summed E-state index contributed by atoms with van der Waals surface area (Å²) in [6.45, 7) is 4.09. The molecule has 1 N–H and O–H groups in total. The number of rotatable bonds is 5. The first-order chi connectivity index (χ1) is 10.0. The van der Waals surface area contributed by atoms with Crippen LogP contribution >= 0.6 is 0 Å². The number of urea groups is 1. The number of nitrogens with one attached hydrogen (secondary N) is 1. The molecule has 0 aromatic rings. The minimum absolute atomic E-state index is 0.308. The number of barbiturate groups is 1. The smallest absolute Gasteiger partial charge is 0.277 e. The second kappa shape index (κ2) is 6.58. The first-order valence-corrected chi connectivity index (χ1v) is 8.22. The Morgan fingerprint density at radius 1 is 1.10 bits per heavy atom. The van der Waals surface area contributed by atoms with E-state index >= 15 is 0 Å². The molecule has 0 spiro atoms. The van der Waals surface area contributed by atoms with E-state index < -0.39 is 17.4 Å². The number of imide groups is 2. The van der Waals surface area contributed by atoms with E-state index in [-0.39, 0.29) is 5.91 Å². The fourth-order valence-electron chi connectivity index (χ4n) is 3.60. The van der Waals surface area contributed by atoms with Crippen molar-refractivity contribution in [3.05, 3.63) is 0 Å². The summed E-state index contributed by atoms with van der Waals surface area (Å²) in [5, 5.41) is 2.37. The maximum atomic E-state index is 12.6. The molecule has 2 rings (SSSR count). The molecule has 0 bridgehead atoms. The average Bonchev–Trinajstić information content (AvgIpc) is 2.49. The van der Waals surface area contributed by atoms with Crippen LogP contribution in [0, 0.1) is 11.3 Å². The second-order valence-corrected chi connectivity index (χ2v) is 6.30. The van der Waals surface area contributed by atoms with Crippen LogP contribution < -0.4 is 5.32 Å². The van der Waals surface area contributed by atoms with Crippen LogP contribution in [0.2, 0.25) is 0 Å². The van der Waals surface area contributed by atoms with E-state index in [0.29, 0.717) is 25.3 Å². The molecule has 4 amide bonds. The van der Waals surface area contributed by atoms with Crippen molar-refractivity contribution in [3.8, 4) is 0 Å². The topological polar surface area (TPSA) is 66.5 Å². The highest BCUT2D eigenvalue weighted by atomic mass is 16.2. The van der Waals surface area contributed by atoms with Crippen molar-refractivity contribution in [2.24, 2.45) is 11.3 Å². The fraction of sp³-hybridized carbons (Fsp3) is 0.812. The van der Waals surface area contributed by atoms with Crippen LogP contribution in [0.15, 0.2) is 0 Å². The summed E-state index contributed by atoms with van der Waals surface area (Å²) in [6.07, 6.45) is 7.89. The zero-order valence-electron chi connectivity index (χ0n) is 13.1. The van der Waals surface area contributed by atoms with Crippen molar-refractivity contribution < 1.29 is 14.4 Å². The van der Waals surface area contributed by atoms with Gasteiger partial charge in [-0.3, -0.25) is 19.8 Å². The predicted molar refractivity (Wildman–Crippen MR) is 79.5 cm³/mol. The van der Waals surface area contributed by atoms with Crippen LogP contribution in [-0.2, 0) is 9.59 Å². The molecule has 21 heavy (non-hydrogen) atoms. The molecular weight excluding hydrogens is 268 g/mol. The Morgan fingerprint density at radius 2 is 1.71 bits per heavy atom. The largest absolute Gasteiger partial charge is 0.330 e. The van der Waals surface area contributed by atoms with Crippen molar-refractivity contribution in [2.75, 3.05) is 6.54 Å². The first-order valence-electron chi connectivity index (χ1n) is 8.22. The van der Waals surface area contributed by atoms with Gasteiger partial charge in [0, 0.05) is 6.54 Å². The summed E-state index contributed by atoms with van der Waals surface area (Å²) in [5.74, 6) is -0.136. The monoisotopic (exact) mass is 294 g/mol. The highest BCUT2D eigenvalue weighted by Gasteiger charge is 2.51. The minimum atomic E-state index is -1.06. The maximum Gasteiger partial charge on any atom is 0.330 e. The van der Waals surface area contributed by atoms with Crippen LogP contribution in [0.1, 0.15) is 65.2 Å². The third kappa shape index (κ3) is 2.97. The first kappa shape index (κ1) is 16.0. The average molecular weight is 294 g/mol. The molecule has 5 nitrogen and oxygen atoms in total.